The van der Waals surface area contributed by atoms with E-state index in [2.05, 4.69) is 28.8 Å². The van der Waals surface area contributed by atoms with Gasteiger partial charge in [-0.2, -0.15) is 18.2 Å². The summed E-state index contributed by atoms with van der Waals surface area (Å²) in [6.45, 7) is 7.91. The molecule has 3 aromatic rings. The van der Waals surface area contributed by atoms with E-state index < -0.39 is 23.1 Å². The van der Waals surface area contributed by atoms with Crippen LogP contribution in [0.4, 0.5) is 13.2 Å². The topological polar surface area (TPSA) is 75.7 Å². The van der Waals surface area contributed by atoms with Crippen LogP contribution in [0.1, 0.15) is 56.7 Å². The van der Waals surface area contributed by atoms with E-state index >= 15 is 0 Å². The fourth-order valence-corrected chi connectivity index (χ4v) is 3.89. The van der Waals surface area contributed by atoms with Crippen molar-refractivity contribution in [1.82, 2.24) is 15.0 Å². The molecular weight excluding hydrogens is 479 g/mol. The first-order chi connectivity index (χ1) is 16.2. The number of aryl methyl sites for hydroxylation is 2. The molecule has 0 aliphatic rings. The number of nitrogens with one attached hydrogen (secondary N) is 1. The fourth-order valence-electron chi connectivity index (χ4n) is 3.68. The van der Waals surface area contributed by atoms with E-state index in [1.54, 1.807) is 18.2 Å². The molecule has 0 unspecified atom stereocenters. The normalized spacial score (nSPS) is 12.3. The van der Waals surface area contributed by atoms with Gasteiger partial charge in [0.05, 0.1) is 5.02 Å². The predicted molar refractivity (Wildman–Crippen MR) is 131 cm³/mol. The van der Waals surface area contributed by atoms with E-state index in [1.807, 2.05) is 25.1 Å². The quantitative estimate of drug-likeness (QED) is 0.389. The molecule has 0 radical (unpaired) electrons. The van der Waals surface area contributed by atoms with E-state index in [1.165, 1.54) is 0 Å². The number of ketones is 1. The van der Waals surface area contributed by atoms with Crippen LogP contribution in [0.5, 0.6) is 0 Å². The van der Waals surface area contributed by atoms with Gasteiger partial charge >= 0.3 is 11.9 Å². The lowest BCUT2D eigenvalue weighted by Gasteiger charge is -2.26. The number of halogens is 4. The number of H-pyrrole nitrogens is 1. The van der Waals surface area contributed by atoms with Crippen molar-refractivity contribution in [3.05, 3.63) is 68.6 Å². The molecule has 1 heterocycles. The number of nitrogens with zero attached hydrogens (tertiary/aromatic N) is 2. The summed E-state index contributed by atoms with van der Waals surface area (Å²) >= 11 is 6.37. The van der Waals surface area contributed by atoms with Crippen LogP contribution < -0.4 is 5.69 Å². The lowest BCUT2D eigenvalue weighted by atomic mass is 9.84. The van der Waals surface area contributed by atoms with Crippen LogP contribution in [0.2, 0.25) is 5.02 Å². The number of aromatic amines is 1. The molecule has 0 saturated carbocycles. The molecule has 0 bridgehead atoms. The van der Waals surface area contributed by atoms with Crippen molar-refractivity contribution in [3.63, 3.8) is 0 Å². The summed E-state index contributed by atoms with van der Waals surface area (Å²) < 4.78 is 39.5. The van der Waals surface area contributed by atoms with Crippen molar-refractivity contribution in [2.45, 2.75) is 59.6 Å². The van der Waals surface area contributed by atoms with Crippen molar-refractivity contribution in [2.24, 2.45) is 5.41 Å². The first-order valence-corrected chi connectivity index (χ1v) is 11.6. The number of rotatable bonds is 7. The summed E-state index contributed by atoms with van der Waals surface area (Å²) in [5.74, 6) is -0.221. The van der Waals surface area contributed by atoms with Crippen LogP contribution in [0, 0.1) is 12.3 Å². The second kappa shape index (κ2) is 9.93. The largest absolute Gasteiger partial charge is 0.400 e. The van der Waals surface area contributed by atoms with Gasteiger partial charge in [0, 0.05) is 17.5 Å². The Morgan fingerprint density at radius 1 is 1.09 bits per heavy atom. The summed E-state index contributed by atoms with van der Waals surface area (Å²) in [6.07, 6.45) is -4.83. The highest BCUT2D eigenvalue weighted by Gasteiger charge is 2.51. The second-order valence-corrected chi connectivity index (χ2v) is 9.82. The second-order valence-electron chi connectivity index (χ2n) is 9.41. The first-order valence-electron chi connectivity index (χ1n) is 11.2. The van der Waals surface area contributed by atoms with Gasteiger partial charge in [-0.15, -0.1) is 0 Å². The summed E-state index contributed by atoms with van der Waals surface area (Å²) in [5.41, 5.74) is 0.849. The lowest BCUT2D eigenvalue weighted by Crippen LogP contribution is -2.39. The molecular formula is C26H27ClF3N3O2. The molecule has 0 saturated heterocycles. The molecule has 0 aliphatic heterocycles. The molecule has 9 heteroatoms. The van der Waals surface area contributed by atoms with Crippen LogP contribution in [0.15, 0.2) is 41.2 Å². The van der Waals surface area contributed by atoms with Gasteiger partial charge in [0.15, 0.2) is 5.82 Å². The zero-order valence-corrected chi connectivity index (χ0v) is 20.9. The monoisotopic (exact) mass is 505 g/mol. The van der Waals surface area contributed by atoms with Gasteiger partial charge in [-0.05, 0) is 68.0 Å². The minimum absolute atomic E-state index is 0.0837. The van der Waals surface area contributed by atoms with Gasteiger partial charge in [0.2, 0.25) is 0 Å². The third-order valence-electron chi connectivity index (χ3n) is 6.14. The zero-order valence-electron chi connectivity index (χ0n) is 20.2. The van der Waals surface area contributed by atoms with Crippen molar-refractivity contribution in [3.8, 4) is 22.8 Å². The number of hydrogen-bond acceptors (Lipinski definition) is 4. The van der Waals surface area contributed by atoms with Gasteiger partial charge in [0.25, 0.3) is 0 Å². The summed E-state index contributed by atoms with van der Waals surface area (Å²) in [5, 5.41) is 0.294. The van der Waals surface area contributed by atoms with Crippen LogP contribution in [0.25, 0.3) is 22.8 Å². The maximum Gasteiger partial charge on any atom is 0.400 e. The molecule has 0 aliphatic carbocycles. The molecule has 1 aromatic heterocycles. The predicted octanol–water partition coefficient (Wildman–Crippen LogP) is 6.67. The summed E-state index contributed by atoms with van der Waals surface area (Å²) in [6, 6.07) is 10.6. The minimum atomic E-state index is -4.63. The van der Waals surface area contributed by atoms with Gasteiger partial charge in [-0.3, -0.25) is 9.78 Å². The third-order valence-corrected chi connectivity index (χ3v) is 6.47. The van der Waals surface area contributed by atoms with E-state index in [9.17, 15) is 22.8 Å². The Labute approximate surface area is 206 Å². The van der Waals surface area contributed by atoms with Crippen molar-refractivity contribution in [2.75, 3.05) is 0 Å². The van der Waals surface area contributed by atoms with Gasteiger partial charge in [-0.1, -0.05) is 43.6 Å². The highest BCUT2D eigenvalue weighted by atomic mass is 35.5. The summed E-state index contributed by atoms with van der Waals surface area (Å²) in [7, 11) is 0. The number of alkyl halides is 3. The maximum absolute atomic E-state index is 13.2. The van der Waals surface area contributed by atoms with E-state index in [0.717, 1.165) is 25.0 Å². The number of aromatic nitrogens is 3. The molecule has 35 heavy (non-hydrogen) atoms. The van der Waals surface area contributed by atoms with Gasteiger partial charge < -0.3 is 0 Å². The minimum Gasteiger partial charge on any atom is -0.299 e. The fraction of sp³-hybridized carbons (Fsp3) is 0.385. The van der Waals surface area contributed by atoms with Crippen LogP contribution in [-0.4, -0.2) is 26.9 Å². The van der Waals surface area contributed by atoms with Crippen molar-refractivity contribution < 1.29 is 18.0 Å². The Bertz CT molecular complexity index is 1310. The van der Waals surface area contributed by atoms with E-state index in [-0.39, 0.29) is 30.4 Å². The molecule has 0 spiro atoms. The number of carbonyl (C=O) groups is 1. The van der Waals surface area contributed by atoms with E-state index in [0.29, 0.717) is 21.7 Å². The van der Waals surface area contributed by atoms with Crippen molar-refractivity contribution >= 4 is 17.4 Å². The Balaban J connectivity index is 1.95. The molecule has 2 aromatic carbocycles. The van der Waals surface area contributed by atoms with Gasteiger partial charge in [-0.25, -0.2) is 9.78 Å². The SMILES string of the molecule is Cc1ccc(-c2nc(-c3cc(CCC(=O)C(C)(C)C(F)(F)F)ccc3Cl)[nH]c(=O)n2)cc1C(C)C. The highest BCUT2D eigenvalue weighted by molar-refractivity contribution is 6.33. The van der Waals surface area contributed by atoms with E-state index in [4.69, 9.17) is 11.6 Å². The molecule has 0 amide bonds. The maximum atomic E-state index is 13.2. The molecule has 3 rings (SSSR count). The molecule has 5 nitrogen and oxygen atoms in total. The zero-order chi connectivity index (χ0) is 26.1. The molecule has 0 atom stereocenters. The average molecular weight is 506 g/mol. The van der Waals surface area contributed by atoms with Crippen LogP contribution in [0.3, 0.4) is 0 Å². The standard InChI is InChI=1S/C26H27ClF3N3O2/c1-14(2)18-13-17(9-6-15(18)3)22-31-23(33-24(35)32-22)19-12-16(7-10-20(19)27)8-11-21(34)25(4,5)26(28,29)30/h6-7,9-10,12-14H,8,11H2,1-5H3,(H,31,32,33,35). The van der Waals surface area contributed by atoms with Crippen LogP contribution >= 0.6 is 11.6 Å². The third kappa shape index (κ3) is 5.81. The smallest absolute Gasteiger partial charge is 0.299 e. The van der Waals surface area contributed by atoms with Gasteiger partial charge in [0.1, 0.15) is 17.0 Å². The Kier molecular flexibility index (Phi) is 7.55. The number of hydrogen-bond donors (Lipinski definition) is 1. The highest BCUT2D eigenvalue weighted by Crippen LogP contribution is 2.39. The molecule has 186 valence electrons. The summed E-state index contributed by atoms with van der Waals surface area (Å²) in [4.78, 5) is 35.7. The number of carbonyl (C=O) groups excluding carboxylic acids is 1. The Morgan fingerprint density at radius 3 is 2.40 bits per heavy atom. The Hall–Kier alpha value is -3.00. The Morgan fingerprint density at radius 2 is 1.77 bits per heavy atom. The number of benzene rings is 2. The average Bonchev–Trinajstić information content (AvgIpc) is 2.77. The van der Waals surface area contributed by atoms with Crippen LogP contribution in [-0.2, 0) is 11.2 Å². The lowest BCUT2D eigenvalue weighted by molar-refractivity contribution is -0.210. The molecule has 1 N–H and O–H groups in total. The molecule has 0 fully saturated rings. The first kappa shape index (κ1) is 26.6. The number of Topliss-reactive ketones (excluding diaryl/α,β-unsaturated/α-hetero) is 1. The van der Waals surface area contributed by atoms with Crippen molar-refractivity contribution in [1.29, 1.82) is 0 Å².